The molecule has 1 aromatic rings. The lowest BCUT2D eigenvalue weighted by Gasteiger charge is -2.21. The van der Waals surface area contributed by atoms with Gasteiger partial charge in [-0.25, -0.2) is 9.55 Å². The molecule has 0 saturated heterocycles. The monoisotopic (exact) mass is 420 g/mol. The minimum absolute atomic E-state index is 0.0818. The van der Waals surface area contributed by atoms with E-state index in [4.69, 9.17) is 78.7 Å². The molecule has 0 saturated carbocycles. The van der Waals surface area contributed by atoms with E-state index in [1.165, 1.54) is 0 Å². The Balaban J connectivity index is 3.47. The first-order valence-corrected chi connectivity index (χ1v) is 8.48. The standard InChI is InChI=1S/C8H7Cl6N2O3P/c1-18-20(17,19-2)16-5-3(9)6(8(12,13)14)15-7(11)4(5)10/h1-2H3,(H,15,16,17). The minimum atomic E-state index is -3.68. The highest BCUT2D eigenvalue weighted by Gasteiger charge is 2.33. The molecule has 0 aliphatic carbocycles. The van der Waals surface area contributed by atoms with Crippen LogP contribution in [0.25, 0.3) is 0 Å². The number of anilines is 1. The Morgan fingerprint density at radius 3 is 2.00 bits per heavy atom. The van der Waals surface area contributed by atoms with Crippen molar-refractivity contribution in [3.05, 3.63) is 20.9 Å². The molecule has 0 aliphatic heterocycles. The second-order valence-corrected chi connectivity index (χ2v) is 8.57. The van der Waals surface area contributed by atoms with E-state index in [-0.39, 0.29) is 26.6 Å². The Bertz CT molecular complexity index is 556. The molecule has 5 nitrogen and oxygen atoms in total. The van der Waals surface area contributed by atoms with E-state index in [0.717, 1.165) is 14.2 Å². The molecule has 0 spiro atoms. The van der Waals surface area contributed by atoms with Crippen molar-refractivity contribution in [2.45, 2.75) is 3.79 Å². The number of halogens is 6. The van der Waals surface area contributed by atoms with Crippen LogP contribution in [0.4, 0.5) is 5.69 Å². The lowest BCUT2D eigenvalue weighted by atomic mass is 10.3. The molecule has 0 atom stereocenters. The zero-order valence-electron chi connectivity index (χ0n) is 9.89. The molecule has 114 valence electrons. The van der Waals surface area contributed by atoms with Crippen LogP contribution in [-0.2, 0) is 17.4 Å². The summed E-state index contributed by atoms with van der Waals surface area (Å²) < 4.78 is 19.5. The average Bonchev–Trinajstić information content (AvgIpc) is 2.37. The molecule has 0 aliphatic rings. The lowest BCUT2D eigenvalue weighted by molar-refractivity contribution is 0.281. The summed E-state index contributed by atoms with van der Waals surface area (Å²) in [5.74, 6) is 0. The number of rotatable bonds is 4. The summed E-state index contributed by atoms with van der Waals surface area (Å²) in [6.07, 6.45) is 0. The lowest BCUT2D eigenvalue weighted by Crippen LogP contribution is -2.09. The second kappa shape index (κ2) is 6.95. The van der Waals surface area contributed by atoms with Crippen molar-refractivity contribution in [1.29, 1.82) is 0 Å². The predicted octanol–water partition coefficient (Wildman–Crippen LogP) is 5.68. The molecular weight excluding hydrogens is 416 g/mol. The first-order valence-electron chi connectivity index (χ1n) is 4.67. The molecule has 1 rings (SSSR count). The van der Waals surface area contributed by atoms with Crippen LogP contribution >= 0.6 is 77.4 Å². The SMILES string of the molecule is COP(=O)(Nc1c(Cl)c(Cl)nc(C(Cl)(Cl)Cl)c1Cl)OC. The Kier molecular flexibility index (Phi) is 6.56. The van der Waals surface area contributed by atoms with Gasteiger partial charge in [0.2, 0.25) is 3.79 Å². The van der Waals surface area contributed by atoms with E-state index in [2.05, 4.69) is 10.1 Å². The fourth-order valence-corrected chi connectivity index (χ4v) is 3.36. The number of hydrogen-bond acceptors (Lipinski definition) is 4. The molecule has 12 heteroatoms. The van der Waals surface area contributed by atoms with Gasteiger partial charge in [0, 0.05) is 14.2 Å². The van der Waals surface area contributed by atoms with Crippen LogP contribution in [0.2, 0.25) is 15.2 Å². The highest BCUT2D eigenvalue weighted by atomic mass is 35.6. The maximum atomic E-state index is 12.1. The van der Waals surface area contributed by atoms with Crippen LogP contribution in [0.1, 0.15) is 5.69 Å². The number of pyridine rings is 1. The zero-order chi connectivity index (χ0) is 15.7. The van der Waals surface area contributed by atoms with E-state index >= 15 is 0 Å². The van der Waals surface area contributed by atoms with E-state index in [0.29, 0.717) is 0 Å². The van der Waals surface area contributed by atoms with Crippen molar-refractivity contribution in [3.63, 3.8) is 0 Å². The Morgan fingerprint density at radius 2 is 1.60 bits per heavy atom. The molecule has 20 heavy (non-hydrogen) atoms. The van der Waals surface area contributed by atoms with E-state index in [9.17, 15) is 4.57 Å². The van der Waals surface area contributed by atoms with E-state index < -0.39 is 11.5 Å². The normalized spacial score (nSPS) is 12.6. The number of aromatic nitrogens is 1. The largest absolute Gasteiger partial charge is 0.432 e. The van der Waals surface area contributed by atoms with Crippen molar-refractivity contribution in [3.8, 4) is 0 Å². The van der Waals surface area contributed by atoms with Gasteiger partial charge in [0.05, 0.1) is 10.7 Å². The van der Waals surface area contributed by atoms with Crippen molar-refractivity contribution in [2.24, 2.45) is 0 Å². The summed E-state index contributed by atoms with van der Waals surface area (Å²) in [6.45, 7) is 0. The fourth-order valence-electron chi connectivity index (χ4n) is 1.10. The van der Waals surface area contributed by atoms with Crippen LogP contribution < -0.4 is 5.09 Å². The van der Waals surface area contributed by atoms with Crippen LogP contribution in [0, 0.1) is 0 Å². The molecule has 1 heterocycles. The number of alkyl halides is 3. The minimum Gasteiger partial charge on any atom is -0.296 e. The topological polar surface area (TPSA) is 60.5 Å². The number of nitrogens with one attached hydrogen (secondary N) is 1. The Labute approximate surface area is 145 Å². The van der Waals surface area contributed by atoms with Crippen LogP contribution in [-0.4, -0.2) is 19.2 Å². The van der Waals surface area contributed by atoms with Crippen molar-refractivity contribution < 1.29 is 13.6 Å². The Morgan fingerprint density at radius 1 is 1.10 bits per heavy atom. The summed E-state index contributed by atoms with van der Waals surface area (Å²) in [4.78, 5) is 3.78. The number of nitrogens with zero attached hydrogens (tertiary/aromatic N) is 1. The second-order valence-electron chi connectivity index (χ2n) is 3.23. The maximum Gasteiger partial charge on any atom is 0.432 e. The molecule has 0 fully saturated rings. The summed E-state index contributed by atoms with van der Waals surface area (Å²) in [5.41, 5.74) is -0.262. The van der Waals surface area contributed by atoms with Gasteiger partial charge in [0.25, 0.3) is 0 Å². The van der Waals surface area contributed by atoms with Crippen LogP contribution in [0.15, 0.2) is 0 Å². The van der Waals surface area contributed by atoms with Crippen molar-refractivity contribution in [1.82, 2.24) is 4.98 Å². The van der Waals surface area contributed by atoms with Gasteiger partial charge >= 0.3 is 7.75 Å². The quantitative estimate of drug-likeness (QED) is 0.384. The highest BCUT2D eigenvalue weighted by Crippen LogP contribution is 2.53. The van der Waals surface area contributed by atoms with Gasteiger partial charge in [-0.15, -0.1) is 0 Å². The zero-order valence-corrected chi connectivity index (χ0v) is 15.3. The summed E-state index contributed by atoms with van der Waals surface area (Å²) in [5, 5.41) is 1.90. The molecule has 1 N–H and O–H groups in total. The van der Waals surface area contributed by atoms with Gasteiger partial charge in [-0.2, -0.15) is 0 Å². The highest BCUT2D eigenvalue weighted by molar-refractivity contribution is 7.55. The molecule has 0 bridgehead atoms. The van der Waals surface area contributed by atoms with E-state index in [1.807, 2.05) is 0 Å². The third-order valence-corrected chi connectivity index (χ3v) is 5.14. The van der Waals surface area contributed by atoms with Gasteiger partial charge < -0.3 is 0 Å². The molecule has 0 aromatic carbocycles. The van der Waals surface area contributed by atoms with Gasteiger partial charge in [-0.05, 0) is 0 Å². The van der Waals surface area contributed by atoms with Crippen LogP contribution in [0.3, 0.4) is 0 Å². The van der Waals surface area contributed by atoms with Gasteiger partial charge in [0.15, 0.2) is 0 Å². The first kappa shape index (κ1) is 18.9. The smallest absolute Gasteiger partial charge is 0.296 e. The summed E-state index contributed by atoms with van der Waals surface area (Å²) in [7, 11) is -1.35. The Hall–Kier alpha value is 0.840. The van der Waals surface area contributed by atoms with Gasteiger partial charge in [-0.3, -0.25) is 14.1 Å². The maximum absolute atomic E-state index is 12.1. The molecule has 1 aromatic heterocycles. The number of hydrogen-bond donors (Lipinski definition) is 1. The molecule has 0 amide bonds. The third-order valence-electron chi connectivity index (χ3n) is 2.04. The fraction of sp³-hybridized carbons (Fsp3) is 0.375. The predicted molar refractivity (Wildman–Crippen MR) is 83.8 cm³/mol. The van der Waals surface area contributed by atoms with Crippen LogP contribution in [0.5, 0.6) is 0 Å². The van der Waals surface area contributed by atoms with Crippen molar-refractivity contribution in [2.75, 3.05) is 19.3 Å². The third kappa shape index (κ3) is 4.19. The first-order chi connectivity index (χ1) is 9.05. The molecular formula is C8H7Cl6N2O3P. The average molecular weight is 423 g/mol. The summed E-state index contributed by atoms with van der Waals surface area (Å²) in [6, 6.07) is 0. The molecule has 0 radical (unpaired) electrons. The summed E-state index contributed by atoms with van der Waals surface area (Å²) >= 11 is 35.0. The van der Waals surface area contributed by atoms with Gasteiger partial charge in [-0.1, -0.05) is 69.6 Å². The van der Waals surface area contributed by atoms with Crippen molar-refractivity contribution >= 4 is 83.0 Å². The molecule has 0 unspecified atom stereocenters. The van der Waals surface area contributed by atoms with E-state index in [1.54, 1.807) is 0 Å². The van der Waals surface area contributed by atoms with Gasteiger partial charge in [0.1, 0.15) is 15.9 Å².